The number of aromatic nitrogens is 2. The van der Waals surface area contributed by atoms with Gasteiger partial charge in [0.25, 0.3) is 0 Å². The van der Waals surface area contributed by atoms with Crippen LogP contribution in [0.2, 0.25) is 0 Å². The van der Waals surface area contributed by atoms with Gasteiger partial charge in [-0.1, -0.05) is 6.92 Å². The Hall–Kier alpha value is -1.13. The summed E-state index contributed by atoms with van der Waals surface area (Å²) in [5.74, 6) is 0. The Morgan fingerprint density at radius 3 is 2.88 bits per heavy atom. The summed E-state index contributed by atoms with van der Waals surface area (Å²) < 4.78 is 1.94. The molecule has 0 aliphatic carbocycles. The van der Waals surface area contributed by atoms with Crippen LogP contribution in [-0.2, 0) is 13.5 Å². The minimum absolute atomic E-state index is 0.314. The SMILES string of the molecule is CCNC(Cc1ccsc1)c1cc(C)n(C)n1. The normalized spacial score (nSPS) is 12.9. The largest absolute Gasteiger partial charge is 0.309 e. The molecular weight excluding hydrogens is 230 g/mol. The molecule has 1 atom stereocenters. The van der Waals surface area contributed by atoms with Gasteiger partial charge in [-0.15, -0.1) is 0 Å². The first-order valence-corrected chi connectivity index (χ1v) is 6.90. The van der Waals surface area contributed by atoms with E-state index in [0.717, 1.165) is 18.7 Å². The maximum atomic E-state index is 4.57. The van der Waals surface area contributed by atoms with E-state index in [-0.39, 0.29) is 0 Å². The quantitative estimate of drug-likeness (QED) is 0.883. The van der Waals surface area contributed by atoms with Crippen molar-refractivity contribution in [2.45, 2.75) is 26.3 Å². The lowest BCUT2D eigenvalue weighted by molar-refractivity contribution is 0.528. The summed E-state index contributed by atoms with van der Waals surface area (Å²) in [6.45, 7) is 5.19. The van der Waals surface area contributed by atoms with Crippen LogP contribution >= 0.6 is 11.3 Å². The molecule has 2 aromatic heterocycles. The van der Waals surface area contributed by atoms with Gasteiger partial charge in [0.05, 0.1) is 11.7 Å². The Morgan fingerprint density at radius 1 is 1.53 bits per heavy atom. The highest BCUT2D eigenvalue weighted by Gasteiger charge is 2.15. The van der Waals surface area contributed by atoms with Crippen molar-refractivity contribution in [1.82, 2.24) is 15.1 Å². The fourth-order valence-corrected chi connectivity index (χ4v) is 2.61. The molecule has 2 aromatic rings. The molecule has 2 rings (SSSR count). The van der Waals surface area contributed by atoms with Crippen LogP contribution in [0.5, 0.6) is 0 Å². The zero-order valence-corrected chi connectivity index (χ0v) is 11.4. The van der Waals surface area contributed by atoms with Crippen LogP contribution in [-0.4, -0.2) is 16.3 Å². The first-order valence-electron chi connectivity index (χ1n) is 5.95. The van der Waals surface area contributed by atoms with Gasteiger partial charge in [-0.05, 0) is 48.3 Å². The molecule has 0 spiro atoms. The van der Waals surface area contributed by atoms with Gasteiger partial charge in [0.1, 0.15) is 0 Å². The highest BCUT2D eigenvalue weighted by Crippen LogP contribution is 2.19. The zero-order valence-electron chi connectivity index (χ0n) is 10.6. The van der Waals surface area contributed by atoms with Crippen molar-refractivity contribution in [3.63, 3.8) is 0 Å². The van der Waals surface area contributed by atoms with Gasteiger partial charge in [-0.3, -0.25) is 4.68 Å². The first kappa shape index (κ1) is 12.3. The molecule has 4 heteroatoms. The summed E-state index contributed by atoms with van der Waals surface area (Å²) in [6.07, 6.45) is 1.01. The third-order valence-electron chi connectivity index (χ3n) is 2.96. The fraction of sp³-hybridized carbons (Fsp3) is 0.462. The predicted octanol–water partition coefficient (Wildman–Crippen LogP) is 2.68. The summed E-state index contributed by atoms with van der Waals surface area (Å²) in [5.41, 5.74) is 3.72. The molecule has 0 aliphatic rings. The number of thiophene rings is 1. The van der Waals surface area contributed by atoms with Crippen LogP contribution in [0.4, 0.5) is 0 Å². The number of aryl methyl sites for hydroxylation is 2. The van der Waals surface area contributed by atoms with Crippen LogP contribution in [0, 0.1) is 6.92 Å². The van der Waals surface area contributed by atoms with Crippen molar-refractivity contribution in [1.29, 1.82) is 0 Å². The van der Waals surface area contributed by atoms with Gasteiger partial charge in [0.2, 0.25) is 0 Å². The average molecular weight is 249 g/mol. The Morgan fingerprint density at radius 2 is 2.35 bits per heavy atom. The van der Waals surface area contributed by atoms with Gasteiger partial charge in [-0.2, -0.15) is 16.4 Å². The Labute approximate surface area is 106 Å². The molecule has 1 N–H and O–H groups in total. The molecule has 0 aliphatic heterocycles. The molecule has 0 bridgehead atoms. The second-order valence-corrected chi connectivity index (χ2v) is 5.06. The maximum absolute atomic E-state index is 4.57. The molecule has 3 nitrogen and oxygen atoms in total. The maximum Gasteiger partial charge on any atom is 0.0800 e. The van der Waals surface area contributed by atoms with Gasteiger partial charge >= 0.3 is 0 Å². The third kappa shape index (κ3) is 2.96. The van der Waals surface area contributed by atoms with Crippen LogP contribution in [0.15, 0.2) is 22.9 Å². The summed E-state index contributed by atoms with van der Waals surface area (Å²) >= 11 is 1.75. The van der Waals surface area contributed by atoms with E-state index in [1.165, 1.54) is 11.3 Å². The summed E-state index contributed by atoms with van der Waals surface area (Å²) in [5, 5.41) is 12.4. The van der Waals surface area contributed by atoms with Gasteiger partial charge in [-0.25, -0.2) is 0 Å². The summed E-state index contributed by atoms with van der Waals surface area (Å²) in [4.78, 5) is 0. The monoisotopic (exact) mass is 249 g/mol. The smallest absolute Gasteiger partial charge is 0.0800 e. The number of hydrogen-bond donors (Lipinski definition) is 1. The number of rotatable bonds is 5. The van der Waals surface area contributed by atoms with Gasteiger partial charge < -0.3 is 5.32 Å². The van der Waals surface area contributed by atoms with Gasteiger partial charge in [0, 0.05) is 12.7 Å². The van der Waals surface area contributed by atoms with Crippen LogP contribution < -0.4 is 5.32 Å². The van der Waals surface area contributed by atoms with Crippen molar-refractivity contribution in [3.8, 4) is 0 Å². The van der Waals surface area contributed by atoms with Crippen molar-refractivity contribution >= 4 is 11.3 Å². The van der Waals surface area contributed by atoms with Gasteiger partial charge in [0.15, 0.2) is 0 Å². The van der Waals surface area contributed by atoms with Crippen LogP contribution in [0.3, 0.4) is 0 Å². The number of nitrogens with one attached hydrogen (secondary N) is 1. The minimum atomic E-state index is 0.314. The molecule has 0 radical (unpaired) electrons. The zero-order chi connectivity index (χ0) is 12.3. The van der Waals surface area contributed by atoms with E-state index in [1.54, 1.807) is 11.3 Å². The van der Waals surface area contributed by atoms with E-state index >= 15 is 0 Å². The van der Waals surface area contributed by atoms with Crippen LogP contribution in [0.1, 0.15) is 29.9 Å². The second kappa shape index (κ2) is 5.47. The molecule has 0 amide bonds. The topological polar surface area (TPSA) is 29.9 Å². The molecule has 0 fully saturated rings. The standard InChI is InChI=1S/C13H19N3S/c1-4-14-12(8-11-5-6-17-9-11)13-7-10(2)16(3)15-13/h5-7,9,12,14H,4,8H2,1-3H3. The van der Waals surface area contributed by atoms with Crippen molar-refractivity contribution in [3.05, 3.63) is 39.8 Å². The molecule has 17 heavy (non-hydrogen) atoms. The molecule has 0 saturated carbocycles. The molecular formula is C13H19N3S. The lowest BCUT2D eigenvalue weighted by atomic mass is 10.1. The number of nitrogens with zero attached hydrogens (tertiary/aromatic N) is 2. The Bertz CT molecular complexity index is 439. The van der Waals surface area contributed by atoms with E-state index < -0.39 is 0 Å². The second-order valence-electron chi connectivity index (χ2n) is 4.28. The van der Waals surface area contributed by atoms with Crippen molar-refractivity contribution in [2.75, 3.05) is 6.54 Å². The Kier molecular flexibility index (Phi) is 3.97. The molecule has 0 aromatic carbocycles. The number of likely N-dealkylation sites (N-methyl/N-ethyl adjacent to an activating group) is 1. The van der Waals surface area contributed by atoms with E-state index in [2.05, 4.69) is 47.2 Å². The van der Waals surface area contributed by atoms with Crippen molar-refractivity contribution < 1.29 is 0 Å². The van der Waals surface area contributed by atoms with E-state index in [1.807, 2.05) is 11.7 Å². The third-order valence-corrected chi connectivity index (χ3v) is 3.69. The lowest BCUT2D eigenvalue weighted by Crippen LogP contribution is -2.23. The summed E-state index contributed by atoms with van der Waals surface area (Å²) in [7, 11) is 1.99. The highest BCUT2D eigenvalue weighted by molar-refractivity contribution is 7.07. The average Bonchev–Trinajstić information content (AvgIpc) is 2.90. The molecule has 92 valence electrons. The molecule has 0 saturated heterocycles. The first-order chi connectivity index (χ1) is 8.20. The number of hydrogen-bond acceptors (Lipinski definition) is 3. The van der Waals surface area contributed by atoms with E-state index in [9.17, 15) is 0 Å². The highest BCUT2D eigenvalue weighted by atomic mass is 32.1. The molecule has 1 unspecified atom stereocenters. The lowest BCUT2D eigenvalue weighted by Gasteiger charge is -2.14. The molecule has 2 heterocycles. The van der Waals surface area contributed by atoms with Crippen LogP contribution in [0.25, 0.3) is 0 Å². The Balaban J connectivity index is 2.16. The summed E-state index contributed by atoms with van der Waals surface area (Å²) in [6, 6.07) is 4.67. The minimum Gasteiger partial charge on any atom is -0.309 e. The predicted molar refractivity (Wildman–Crippen MR) is 72.4 cm³/mol. The van der Waals surface area contributed by atoms with Crippen molar-refractivity contribution in [2.24, 2.45) is 7.05 Å². The van der Waals surface area contributed by atoms with E-state index in [4.69, 9.17) is 0 Å². The van der Waals surface area contributed by atoms with E-state index in [0.29, 0.717) is 6.04 Å². The fourth-order valence-electron chi connectivity index (χ4n) is 1.93.